The van der Waals surface area contributed by atoms with Gasteiger partial charge in [-0.1, -0.05) is 12.1 Å². The molecule has 0 aliphatic heterocycles. The van der Waals surface area contributed by atoms with Crippen LogP contribution in [0.15, 0.2) is 24.3 Å². The number of aromatic hydroxyl groups is 1. The monoisotopic (exact) mass is 196 g/mol. The number of phenols is 1. The molecule has 0 saturated heterocycles. The molecule has 0 heterocycles. The number of benzene rings is 1. The second kappa shape index (κ2) is 5.24. The topological polar surface area (TPSA) is 55.8 Å². The average molecular weight is 196 g/mol. The zero-order valence-electron chi connectivity index (χ0n) is 7.90. The minimum Gasteiger partial charge on any atom is -0.508 e. The minimum absolute atomic E-state index is 0.216. The largest absolute Gasteiger partial charge is 0.508 e. The summed E-state index contributed by atoms with van der Waals surface area (Å²) < 4.78 is 0. The lowest BCUT2D eigenvalue weighted by Gasteiger charge is -2.00. The van der Waals surface area contributed by atoms with Crippen LogP contribution in [0.4, 0.5) is 0 Å². The van der Waals surface area contributed by atoms with Gasteiger partial charge in [-0.2, -0.15) is 4.89 Å². The van der Waals surface area contributed by atoms with Crippen LogP contribution in [0.3, 0.4) is 0 Å². The van der Waals surface area contributed by atoms with Gasteiger partial charge >= 0.3 is 5.97 Å². The highest BCUT2D eigenvalue weighted by atomic mass is 17.2. The number of aryl methyl sites for hydroxylation is 1. The first-order valence-electron chi connectivity index (χ1n) is 4.24. The zero-order valence-corrected chi connectivity index (χ0v) is 7.90. The van der Waals surface area contributed by atoms with Crippen molar-refractivity contribution >= 4 is 5.97 Å². The Morgan fingerprint density at radius 1 is 1.36 bits per heavy atom. The molecular formula is C10H12O4. The Labute approximate surface area is 82.0 Å². The highest BCUT2D eigenvalue weighted by Gasteiger charge is 2.03. The molecule has 0 aliphatic carbocycles. The number of carbonyl (C=O) groups is 1. The molecule has 0 fully saturated rings. The fourth-order valence-corrected chi connectivity index (χ4v) is 1.04. The van der Waals surface area contributed by atoms with Crippen LogP contribution in [0, 0.1) is 0 Å². The van der Waals surface area contributed by atoms with Crippen molar-refractivity contribution in [2.24, 2.45) is 0 Å². The molecule has 1 N–H and O–H groups in total. The fraction of sp³-hybridized carbons (Fsp3) is 0.300. The van der Waals surface area contributed by atoms with Crippen molar-refractivity contribution < 1.29 is 19.7 Å². The van der Waals surface area contributed by atoms with Gasteiger partial charge in [-0.15, -0.1) is 0 Å². The van der Waals surface area contributed by atoms with Crippen molar-refractivity contribution in [1.82, 2.24) is 0 Å². The van der Waals surface area contributed by atoms with Gasteiger partial charge in [0, 0.05) is 0 Å². The Morgan fingerprint density at radius 2 is 2.00 bits per heavy atom. The Balaban J connectivity index is 2.38. The second-order valence-electron chi connectivity index (χ2n) is 2.79. The van der Waals surface area contributed by atoms with Crippen molar-refractivity contribution in [1.29, 1.82) is 0 Å². The predicted molar refractivity (Wildman–Crippen MR) is 49.5 cm³/mol. The molecule has 0 spiro atoms. The van der Waals surface area contributed by atoms with E-state index in [1.165, 1.54) is 7.11 Å². The van der Waals surface area contributed by atoms with E-state index >= 15 is 0 Å². The first-order valence-corrected chi connectivity index (χ1v) is 4.24. The first-order chi connectivity index (χ1) is 6.72. The van der Waals surface area contributed by atoms with Crippen LogP contribution in [-0.4, -0.2) is 18.2 Å². The third kappa shape index (κ3) is 3.45. The molecule has 0 saturated carbocycles. The number of carbonyl (C=O) groups excluding carboxylic acids is 1. The van der Waals surface area contributed by atoms with E-state index in [0.29, 0.717) is 6.42 Å². The van der Waals surface area contributed by atoms with Crippen LogP contribution < -0.4 is 0 Å². The highest BCUT2D eigenvalue weighted by molar-refractivity contribution is 5.69. The standard InChI is InChI=1S/C10H12O4/c1-13-14-10(12)7-4-8-2-5-9(11)6-3-8/h2-3,5-6,11H,4,7H2,1H3. The van der Waals surface area contributed by atoms with Crippen molar-refractivity contribution in [3.05, 3.63) is 29.8 Å². The normalized spacial score (nSPS) is 9.79. The van der Waals surface area contributed by atoms with E-state index in [0.717, 1.165) is 5.56 Å². The summed E-state index contributed by atoms with van der Waals surface area (Å²) in [5, 5.41) is 9.01. The summed E-state index contributed by atoms with van der Waals surface area (Å²) in [5.74, 6) is -0.186. The molecular weight excluding hydrogens is 184 g/mol. The minimum atomic E-state index is -0.402. The van der Waals surface area contributed by atoms with Crippen LogP contribution in [0.2, 0.25) is 0 Å². The van der Waals surface area contributed by atoms with E-state index in [4.69, 9.17) is 5.11 Å². The number of rotatable bonds is 4. The van der Waals surface area contributed by atoms with E-state index in [1.54, 1.807) is 24.3 Å². The van der Waals surface area contributed by atoms with Gasteiger partial charge in [-0.05, 0) is 24.1 Å². The van der Waals surface area contributed by atoms with Crippen molar-refractivity contribution in [3.63, 3.8) is 0 Å². The highest BCUT2D eigenvalue weighted by Crippen LogP contribution is 2.11. The smallest absolute Gasteiger partial charge is 0.342 e. The van der Waals surface area contributed by atoms with E-state index < -0.39 is 5.97 Å². The first kappa shape index (κ1) is 10.5. The van der Waals surface area contributed by atoms with Crippen molar-refractivity contribution in [2.75, 3.05) is 7.11 Å². The van der Waals surface area contributed by atoms with Gasteiger partial charge in [-0.3, -0.25) is 4.89 Å². The summed E-state index contributed by atoms with van der Waals surface area (Å²) in [6.45, 7) is 0. The molecule has 1 aromatic carbocycles. The van der Waals surface area contributed by atoms with Crippen molar-refractivity contribution in [3.8, 4) is 5.75 Å². The van der Waals surface area contributed by atoms with Gasteiger partial charge in [-0.25, -0.2) is 4.79 Å². The summed E-state index contributed by atoms with van der Waals surface area (Å²) in [4.78, 5) is 19.4. The fourth-order valence-electron chi connectivity index (χ4n) is 1.04. The maximum absolute atomic E-state index is 10.9. The molecule has 0 radical (unpaired) electrons. The Hall–Kier alpha value is -1.55. The van der Waals surface area contributed by atoms with E-state index in [9.17, 15) is 4.79 Å². The molecule has 0 aromatic heterocycles. The summed E-state index contributed by atoms with van der Waals surface area (Å²) in [7, 11) is 1.29. The molecule has 0 atom stereocenters. The molecule has 0 bridgehead atoms. The Morgan fingerprint density at radius 3 is 2.57 bits per heavy atom. The van der Waals surface area contributed by atoms with Crippen LogP contribution in [-0.2, 0) is 21.0 Å². The van der Waals surface area contributed by atoms with Gasteiger partial charge in [0.25, 0.3) is 0 Å². The maximum Gasteiger partial charge on any atom is 0.342 e. The molecule has 0 unspecified atom stereocenters. The quantitative estimate of drug-likeness (QED) is 0.584. The van der Waals surface area contributed by atoms with Crippen molar-refractivity contribution in [2.45, 2.75) is 12.8 Å². The third-order valence-corrected chi connectivity index (χ3v) is 1.73. The lowest BCUT2D eigenvalue weighted by molar-refractivity contribution is -0.254. The summed E-state index contributed by atoms with van der Waals surface area (Å²) in [5.41, 5.74) is 0.968. The lowest BCUT2D eigenvalue weighted by atomic mass is 10.1. The lowest BCUT2D eigenvalue weighted by Crippen LogP contribution is -2.04. The maximum atomic E-state index is 10.9. The van der Waals surface area contributed by atoms with Gasteiger partial charge in [0.1, 0.15) is 5.75 Å². The number of hydrogen-bond donors (Lipinski definition) is 1. The SMILES string of the molecule is COOC(=O)CCc1ccc(O)cc1. The van der Waals surface area contributed by atoms with Gasteiger partial charge < -0.3 is 5.11 Å². The molecule has 0 amide bonds. The van der Waals surface area contributed by atoms with Crippen LogP contribution in [0.25, 0.3) is 0 Å². The summed E-state index contributed by atoms with van der Waals surface area (Å²) in [6, 6.07) is 6.68. The molecule has 4 heteroatoms. The average Bonchev–Trinajstić information content (AvgIpc) is 2.17. The third-order valence-electron chi connectivity index (χ3n) is 1.73. The molecule has 14 heavy (non-hydrogen) atoms. The molecule has 1 aromatic rings. The van der Waals surface area contributed by atoms with Gasteiger partial charge in [0.2, 0.25) is 0 Å². The molecule has 76 valence electrons. The number of phenolic OH excluding ortho intramolecular Hbond substituents is 1. The zero-order chi connectivity index (χ0) is 10.4. The summed E-state index contributed by atoms with van der Waals surface area (Å²) >= 11 is 0. The Bertz CT molecular complexity index is 291. The van der Waals surface area contributed by atoms with E-state index in [1.807, 2.05) is 0 Å². The van der Waals surface area contributed by atoms with E-state index in [2.05, 4.69) is 9.78 Å². The van der Waals surface area contributed by atoms with Crippen LogP contribution in [0.5, 0.6) is 5.75 Å². The predicted octanol–water partition coefficient (Wildman–Crippen LogP) is 1.43. The van der Waals surface area contributed by atoms with Gasteiger partial charge in [0.05, 0.1) is 13.5 Å². The molecule has 4 nitrogen and oxygen atoms in total. The Kier molecular flexibility index (Phi) is 3.94. The van der Waals surface area contributed by atoms with Gasteiger partial charge in [0.15, 0.2) is 0 Å². The second-order valence-corrected chi connectivity index (χ2v) is 2.79. The van der Waals surface area contributed by atoms with Crippen LogP contribution in [0.1, 0.15) is 12.0 Å². The summed E-state index contributed by atoms with van der Waals surface area (Å²) in [6.07, 6.45) is 0.834. The number of hydrogen-bond acceptors (Lipinski definition) is 4. The molecule has 1 rings (SSSR count). The van der Waals surface area contributed by atoms with E-state index in [-0.39, 0.29) is 12.2 Å². The van der Waals surface area contributed by atoms with Crippen LogP contribution >= 0.6 is 0 Å². The molecule has 0 aliphatic rings.